The minimum absolute atomic E-state index is 0.0477. The number of nitro groups is 1. The van der Waals surface area contributed by atoms with Gasteiger partial charge in [-0.2, -0.15) is 5.26 Å². The van der Waals surface area contributed by atoms with E-state index in [0.717, 1.165) is 0 Å². The molecule has 0 aliphatic carbocycles. The first-order valence-electron chi connectivity index (χ1n) is 3.71. The molecule has 5 nitrogen and oxygen atoms in total. The first-order chi connectivity index (χ1) is 6.75. The summed E-state index contributed by atoms with van der Waals surface area (Å²) >= 11 is 0. The number of hydrogen-bond donors (Lipinski definition) is 0. The smallest absolute Gasteiger partial charge is 0.358 e. The Kier molecular flexibility index (Phi) is 3.17. The Morgan fingerprint density at radius 3 is 3.07 bits per heavy atom. The minimum atomic E-state index is -0.601. The van der Waals surface area contributed by atoms with E-state index in [9.17, 15) is 10.1 Å². The summed E-state index contributed by atoms with van der Waals surface area (Å²) in [7, 11) is 0. The molecule has 68 valence electrons. The molecule has 0 aliphatic rings. The molecule has 1 rings (SSSR count). The topological polar surface area (TPSA) is 79.8 Å². The third kappa shape index (κ3) is 2.29. The molecule has 0 fully saturated rings. The highest BCUT2D eigenvalue weighted by Gasteiger charge is 2.10. The van der Waals surface area contributed by atoms with Crippen molar-refractivity contribution in [2.75, 3.05) is 0 Å². The third-order valence-corrected chi connectivity index (χ3v) is 1.35. The zero-order valence-corrected chi connectivity index (χ0v) is 7.10. The van der Waals surface area contributed by atoms with Crippen LogP contribution in [0.25, 0.3) is 0 Å². The lowest BCUT2D eigenvalue weighted by Gasteiger charge is -1.92. The predicted molar refractivity (Wildman–Crippen MR) is 48.0 cm³/mol. The van der Waals surface area contributed by atoms with Gasteiger partial charge in [-0.1, -0.05) is 11.8 Å². The minimum Gasteiger partial charge on any atom is -0.358 e. The van der Waals surface area contributed by atoms with Crippen molar-refractivity contribution in [1.82, 2.24) is 4.98 Å². The second kappa shape index (κ2) is 4.58. The van der Waals surface area contributed by atoms with Crippen molar-refractivity contribution in [2.45, 2.75) is 6.42 Å². The highest BCUT2D eigenvalue weighted by atomic mass is 16.6. The van der Waals surface area contributed by atoms with Crippen molar-refractivity contribution in [3.8, 4) is 17.9 Å². The van der Waals surface area contributed by atoms with E-state index in [0.29, 0.717) is 0 Å². The van der Waals surface area contributed by atoms with Crippen molar-refractivity contribution in [2.24, 2.45) is 0 Å². The molecule has 14 heavy (non-hydrogen) atoms. The highest BCUT2D eigenvalue weighted by Crippen LogP contribution is 2.11. The molecule has 1 heterocycles. The Balaban J connectivity index is 3.05. The standard InChI is InChI=1S/C9H5N3O2/c10-6-2-1-4-8-5-3-7-11-9(8)12(13)14/h3,5,7H,2H2. The summed E-state index contributed by atoms with van der Waals surface area (Å²) in [5.74, 6) is 4.73. The molecule has 5 heteroatoms. The average molecular weight is 187 g/mol. The zero-order chi connectivity index (χ0) is 10.4. The number of rotatable bonds is 1. The lowest BCUT2D eigenvalue weighted by Crippen LogP contribution is -1.94. The van der Waals surface area contributed by atoms with Crippen LogP contribution in [-0.2, 0) is 0 Å². The lowest BCUT2D eigenvalue weighted by molar-refractivity contribution is -0.389. The number of nitriles is 1. The van der Waals surface area contributed by atoms with Gasteiger partial charge in [-0.3, -0.25) is 0 Å². The molecule has 0 saturated heterocycles. The molecule has 0 aromatic carbocycles. The van der Waals surface area contributed by atoms with Crippen LogP contribution in [0.4, 0.5) is 5.82 Å². The van der Waals surface area contributed by atoms with Crippen LogP contribution in [0, 0.1) is 33.3 Å². The Morgan fingerprint density at radius 2 is 2.43 bits per heavy atom. The fourth-order valence-electron chi connectivity index (χ4n) is 0.819. The molecule has 0 saturated carbocycles. The molecular formula is C9H5N3O2. The van der Waals surface area contributed by atoms with Gasteiger partial charge in [-0.15, -0.1) is 0 Å². The Labute approximate surface area is 80.2 Å². The van der Waals surface area contributed by atoms with E-state index >= 15 is 0 Å². The molecule has 0 radical (unpaired) electrons. The monoisotopic (exact) mass is 187 g/mol. The van der Waals surface area contributed by atoms with E-state index in [2.05, 4.69) is 16.8 Å². The Morgan fingerprint density at radius 1 is 1.64 bits per heavy atom. The van der Waals surface area contributed by atoms with E-state index in [1.165, 1.54) is 12.3 Å². The fourth-order valence-corrected chi connectivity index (χ4v) is 0.819. The summed E-state index contributed by atoms with van der Waals surface area (Å²) in [6.07, 6.45) is 1.37. The zero-order valence-electron chi connectivity index (χ0n) is 7.10. The van der Waals surface area contributed by atoms with Crippen LogP contribution < -0.4 is 0 Å². The molecule has 0 spiro atoms. The van der Waals surface area contributed by atoms with E-state index in [1.807, 2.05) is 6.07 Å². The fraction of sp³-hybridized carbons (Fsp3) is 0.111. The lowest BCUT2D eigenvalue weighted by atomic mass is 10.2. The van der Waals surface area contributed by atoms with Crippen molar-refractivity contribution >= 4 is 5.82 Å². The predicted octanol–water partition coefficient (Wildman–Crippen LogP) is 1.25. The van der Waals surface area contributed by atoms with Gasteiger partial charge in [0.2, 0.25) is 0 Å². The van der Waals surface area contributed by atoms with Crippen molar-refractivity contribution in [1.29, 1.82) is 5.26 Å². The quantitative estimate of drug-likeness (QED) is 0.376. The van der Waals surface area contributed by atoms with E-state index < -0.39 is 4.92 Å². The van der Waals surface area contributed by atoms with Crippen molar-refractivity contribution in [3.05, 3.63) is 34.0 Å². The van der Waals surface area contributed by atoms with Crippen LogP contribution in [0.1, 0.15) is 12.0 Å². The second-order valence-electron chi connectivity index (χ2n) is 2.27. The first kappa shape index (κ1) is 9.69. The van der Waals surface area contributed by atoms with Gasteiger partial charge < -0.3 is 10.1 Å². The number of hydrogen-bond acceptors (Lipinski definition) is 4. The molecule has 1 aromatic rings. The first-order valence-corrected chi connectivity index (χ1v) is 3.71. The Bertz CT molecular complexity index is 451. The SMILES string of the molecule is N#CCC#Cc1cccnc1[N+](=O)[O-]. The molecular weight excluding hydrogens is 182 g/mol. The van der Waals surface area contributed by atoms with Crippen LogP contribution in [-0.4, -0.2) is 9.91 Å². The normalized spacial score (nSPS) is 8.21. The van der Waals surface area contributed by atoms with E-state index in [1.54, 1.807) is 6.07 Å². The van der Waals surface area contributed by atoms with E-state index in [4.69, 9.17) is 5.26 Å². The van der Waals surface area contributed by atoms with Gasteiger partial charge in [0.15, 0.2) is 0 Å². The summed E-state index contributed by atoms with van der Waals surface area (Å²) < 4.78 is 0. The van der Waals surface area contributed by atoms with Gasteiger partial charge in [-0.25, -0.2) is 0 Å². The second-order valence-corrected chi connectivity index (χ2v) is 2.27. The van der Waals surface area contributed by atoms with Crippen LogP contribution in [0.15, 0.2) is 18.3 Å². The van der Waals surface area contributed by atoms with Crippen molar-refractivity contribution < 1.29 is 4.92 Å². The molecule has 1 aromatic heterocycles. The van der Waals surface area contributed by atoms with Gasteiger partial charge in [0.1, 0.15) is 11.8 Å². The molecule has 0 unspecified atom stereocenters. The molecule has 0 N–H and O–H groups in total. The number of pyridine rings is 1. The highest BCUT2D eigenvalue weighted by molar-refractivity contribution is 5.45. The summed E-state index contributed by atoms with van der Waals surface area (Å²) in [6, 6.07) is 4.88. The van der Waals surface area contributed by atoms with Crippen LogP contribution in [0.5, 0.6) is 0 Å². The summed E-state index contributed by atoms with van der Waals surface area (Å²) in [5, 5.41) is 18.7. The van der Waals surface area contributed by atoms with Crippen molar-refractivity contribution in [3.63, 3.8) is 0 Å². The molecule has 0 aliphatic heterocycles. The summed E-state index contributed by atoms with van der Waals surface area (Å²) in [4.78, 5) is 13.4. The summed E-state index contributed by atoms with van der Waals surface area (Å²) in [6.45, 7) is 0. The molecule has 0 atom stereocenters. The Hall–Kier alpha value is -2.40. The number of nitrogens with zero attached hydrogens (tertiary/aromatic N) is 3. The maximum absolute atomic E-state index is 10.5. The van der Waals surface area contributed by atoms with E-state index in [-0.39, 0.29) is 17.8 Å². The third-order valence-electron chi connectivity index (χ3n) is 1.35. The molecule has 0 bridgehead atoms. The average Bonchev–Trinajstić information content (AvgIpc) is 2.19. The van der Waals surface area contributed by atoms with Crippen LogP contribution in [0.2, 0.25) is 0 Å². The maximum Gasteiger partial charge on any atom is 0.379 e. The van der Waals surface area contributed by atoms with Crippen LogP contribution in [0.3, 0.4) is 0 Å². The largest absolute Gasteiger partial charge is 0.379 e. The number of aromatic nitrogens is 1. The summed E-state index contributed by atoms with van der Waals surface area (Å²) in [5.41, 5.74) is 0.229. The van der Waals surface area contributed by atoms with Gasteiger partial charge in [0.25, 0.3) is 0 Å². The van der Waals surface area contributed by atoms with Gasteiger partial charge in [0.05, 0.1) is 12.5 Å². The van der Waals surface area contributed by atoms with Gasteiger partial charge >= 0.3 is 5.82 Å². The molecule has 0 amide bonds. The van der Waals surface area contributed by atoms with Gasteiger partial charge in [0, 0.05) is 0 Å². The van der Waals surface area contributed by atoms with Crippen LogP contribution >= 0.6 is 0 Å². The maximum atomic E-state index is 10.5. The van der Waals surface area contributed by atoms with Gasteiger partial charge in [-0.05, 0) is 22.0 Å².